The highest BCUT2D eigenvalue weighted by Crippen LogP contribution is 1.67. The van der Waals surface area contributed by atoms with Crippen LogP contribution in [0, 0.1) is 0 Å². The fourth-order valence-corrected chi connectivity index (χ4v) is 0.212. The first-order valence-electron chi connectivity index (χ1n) is 2.63. The van der Waals surface area contributed by atoms with Crippen molar-refractivity contribution in [2.45, 2.75) is 0 Å². The van der Waals surface area contributed by atoms with Gasteiger partial charge in [-0.05, 0) is 0 Å². The van der Waals surface area contributed by atoms with Gasteiger partial charge in [-0.25, -0.2) is 0 Å². The lowest BCUT2D eigenvalue weighted by atomic mass is 10.3. The van der Waals surface area contributed by atoms with Gasteiger partial charge in [0.15, 0.2) is 0 Å². The number of hydrogen-bond donors (Lipinski definition) is 2. The topological polar surface area (TPSA) is 86.2 Å². The van der Waals surface area contributed by atoms with Gasteiger partial charge in [0.1, 0.15) is 1.41 Å². The largest absolute Gasteiger partial charge is 0.324 e. The summed E-state index contributed by atoms with van der Waals surface area (Å²) in [6, 6.07) is 0. The summed E-state index contributed by atoms with van der Waals surface area (Å²) in [5.41, 5.74) is 6.65. The molecule has 4 N–H and O–H groups in total. The molecule has 0 aliphatic carbocycles. The van der Waals surface area contributed by atoms with Gasteiger partial charge in [-0.1, -0.05) is 0 Å². The van der Waals surface area contributed by atoms with Gasteiger partial charge >= 0.3 is 0 Å². The van der Waals surface area contributed by atoms with E-state index in [0.717, 1.165) is 0 Å². The maximum Gasteiger partial charge on any atom is 0.213 e. The molecule has 0 atom stereocenters. The molecule has 0 rings (SSSR count). The first-order valence-corrected chi connectivity index (χ1v) is 2.13. The first-order chi connectivity index (χ1) is 4.22. The zero-order valence-corrected chi connectivity index (χ0v) is 4.31. The van der Waals surface area contributed by atoms with E-state index in [2.05, 4.69) is 0 Å². The Morgan fingerprint density at radius 1 is 1.38 bits per heavy atom. The Bertz CT molecular complexity index is 126. The van der Waals surface area contributed by atoms with E-state index in [9.17, 15) is 9.59 Å². The molecule has 0 bridgehead atoms. The lowest BCUT2D eigenvalue weighted by Gasteiger charge is -1.88. The second kappa shape index (κ2) is 3.29. The van der Waals surface area contributed by atoms with Crippen molar-refractivity contribution in [2.75, 3.05) is 13.1 Å². The van der Waals surface area contributed by atoms with Gasteiger partial charge in [0, 0.05) is 0 Å². The number of hydrogen-bond acceptors (Lipinski definition) is 4. The number of nitrogens with two attached hydrogens (primary N) is 2. The molecule has 4 nitrogen and oxygen atoms in total. The molecule has 0 amide bonds. The summed E-state index contributed by atoms with van der Waals surface area (Å²) in [6.45, 7) is -0.531. The van der Waals surface area contributed by atoms with Crippen LogP contribution >= 0.6 is 0 Å². The summed E-state index contributed by atoms with van der Waals surface area (Å²) in [5, 5.41) is 0. The van der Waals surface area contributed by atoms with Crippen LogP contribution in [0.4, 0.5) is 0 Å². The standard InChI is InChI=1S/C4H8N2O2/c5-1-3(7)4(8)2-6/h1-2,5-6H2/i/hD. The zero-order valence-electron chi connectivity index (χ0n) is 5.31. The fourth-order valence-electron chi connectivity index (χ4n) is 0.212. The molecule has 0 radical (unpaired) electrons. The molecule has 0 fully saturated rings. The third-order valence-corrected chi connectivity index (χ3v) is 0.657. The minimum Gasteiger partial charge on any atom is -0.324 e. The maximum atomic E-state index is 10.4. The third-order valence-electron chi connectivity index (χ3n) is 0.657. The van der Waals surface area contributed by atoms with Gasteiger partial charge < -0.3 is 11.5 Å². The van der Waals surface area contributed by atoms with E-state index >= 15 is 0 Å². The Morgan fingerprint density at radius 2 is 1.88 bits per heavy atom. The zero-order chi connectivity index (χ0) is 7.28. The summed E-state index contributed by atoms with van der Waals surface area (Å²) in [7, 11) is 0. The number of Topliss-reactive ketones (excluding diaryl/α,β-unsaturated/α-hetero) is 2. The molecule has 0 aliphatic rings. The molecule has 4 heteroatoms. The molecule has 46 valence electrons. The van der Waals surface area contributed by atoms with Crippen molar-refractivity contribution in [2.24, 2.45) is 11.5 Å². The lowest BCUT2D eigenvalue weighted by molar-refractivity contribution is -0.134. The monoisotopic (exact) mass is 117 g/mol. The van der Waals surface area contributed by atoms with Crippen molar-refractivity contribution in [3.05, 3.63) is 0 Å². The van der Waals surface area contributed by atoms with Crippen LogP contribution in [0.5, 0.6) is 0 Å². The Labute approximate surface area is 48.3 Å². The van der Waals surface area contributed by atoms with E-state index < -0.39 is 11.6 Å². The van der Waals surface area contributed by atoms with Gasteiger partial charge in [-0.2, -0.15) is 0 Å². The third kappa shape index (κ3) is 1.81. The van der Waals surface area contributed by atoms with Gasteiger partial charge in [0.25, 0.3) is 0 Å². The van der Waals surface area contributed by atoms with Gasteiger partial charge in [-0.3, -0.25) is 9.59 Å². The lowest BCUT2D eigenvalue weighted by Crippen LogP contribution is -2.28. The summed E-state index contributed by atoms with van der Waals surface area (Å²) in [6.07, 6.45) is 0. The number of rotatable bonds is 4. The van der Waals surface area contributed by atoms with Crippen LogP contribution < -0.4 is 11.5 Å². The smallest absolute Gasteiger partial charge is 0.213 e. The minimum atomic E-state index is -0.646. The average molecular weight is 117 g/mol. The van der Waals surface area contributed by atoms with Gasteiger partial charge in [0.2, 0.25) is 11.6 Å². The van der Waals surface area contributed by atoms with E-state index in [-0.39, 0.29) is 13.1 Å². The Kier molecular flexibility index (Phi) is 2.22. The van der Waals surface area contributed by atoms with Crippen LogP contribution in [0.25, 0.3) is 0 Å². The SMILES string of the molecule is [2H]NCC(=O)C(=O)CN. The second-order valence-corrected chi connectivity index (χ2v) is 1.23. The van der Waals surface area contributed by atoms with Crippen LogP contribution in [-0.2, 0) is 9.59 Å². The quantitative estimate of drug-likeness (QED) is 0.419. The van der Waals surface area contributed by atoms with Crippen molar-refractivity contribution in [1.82, 2.24) is 0 Å². The Morgan fingerprint density at radius 3 is 2.25 bits per heavy atom. The highest BCUT2D eigenvalue weighted by molar-refractivity contribution is 6.38. The summed E-state index contributed by atoms with van der Waals surface area (Å²) in [4.78, 5) is 20.7. The van der Waals surface area contributed by atoms with Crippen LogP contribution in [0.15, 0.2) is 0 Å². The van der Waals surface area contributed by atoms with Crippen molar-refractivity contribution in [3.8, 4) is 0 Å². The molecular weight excluding hydrogens is 108 g/mol. The van der Waals surface area contributed by atoms with E-state index in [1.807, 2.05) is 0 Å². The Hall–Kier alpha value is -0.740. The van der Waals surface area contributed by atoms with Crippen molar-refractivity contribution < 1.29 is 11.0 Å². The normalized spacial score (nSPS) is 10.4. The number of carbonyl (C=O) groups is 2. The van der Waals surface area contributed by atoms with Gasteiger partial charge in [-0.15, -0.1) is 0 Å². The number of ketones is 2. The molecule has 0 aromatic carbocycles. The average Bonchev–Trinajstić information content (AvgIpc) is 1.87. The molecule has 0 aliphatic heterocycles. The van der Waals surface area contributed by atoms with Crippen molar-refractivity contribution in [1.29, 1.82) is 0 Å². The van der Waals surface area contributed by atoms with E-state index in [1.165, 1.54) is 0 Å². The summed E-state index contributed by atoms with van der Waals surface area (Å²) < 4.78 is 6.34. The van der Waals surface area contributed by atoms with E-state index in [1.54, 1.807) is 5.73 Å². The molecule has 0 saturated heterocycles. The van der Waals surface area contributed by atoms with Crippen molar-refractivity contribution >= 4 is 11.6 Å². The molecule has 0 aromatic rings. The Balaban J connectivity index is 3.60. The van der Waals surface area contributed by atoms with Crippen LogP contribution in [0.2, 0.25) is 1.41 Å². The molecule has 0 heterocycles. The maximum absolute atomic E-state index is 10.4. The predicted molar refractivity (Wildman–Crippen MR) is 28.1 cm³/mol. The summed E-state index contributed by atoms with van der Waals surface area (Å²) in [5.74, 6) is -1.29. The summed E-state index contributed by atoms with van der Waals surface area (Å²) >= 11 is 0. The molecule has 0 saturated carbocycles. The molecule has 0 spiro atoms. The second-order valence-electron chi connectivity index (χ2n) is 1.23. The highest BCUT2D eigenvalue weighted by Gasteiger charge is 2.06. The molecule has 0 aromatic heterocycles. The van der Waals surface area contributed by atoms with Crippen LogP contribution in [0.3, 0.4) is 0 Å². The van der Waals surface area contributed by atoms with E-state index in [4.69, 9.17) is 7.15 Å². The van der Waals surface area contributed by atoms with Crippen molar-refractivity contribution in [3.63, 3.8) is 0 Å². The first kappa shape index (κ1) is 5.40. The molecule has 8 heavy (non-hydrogen) atoms. The highest BCUT2D eigenvalue weighted by atomic mass is 16.2. The van der Waals surface area contributed by atoms with Crippen LogP contribution in [0.1, 0.15) is 0 Å². The van der Waals surface area contributed by atoms with E-state index in [0.29, 0.717) is 0 Å². The van der Waals surface area contributed by atoms with Gasteiger partial charge in [0.05, 0.1) is 13.1 Å². The molecular formula is C4H8N2O2. The molecule has 0 unspecified atom stereocenters. The number of carbonyl (C=O) groups excluding carboxylic acids is 2. The van der Waals surface area contributed by atoms with Crippen LogP contribution in [-0.4, -0.2) is 24.7 Å². The minimum absolute atomic E-state index is 0.254. The predicted octanol–water partition coefficient (Wildman–Crippen LogP) is -1.96. The fraction of sp³-hybridized carbons (Fsp3) is 0.500.